The zero-order valence-corrected chi connectivity index (χ0v) is 13.2. The summed E-state index contributed by atoms with van der Waals surface area (Å²) in [6, 6.07) is 7.30. The Kier molecular flexibility index (Phi) is 4.80. The monoisotopic (exact) mass is 315 g/mol. The van der Waals surface area contributed by atoms with Crippen LogP contribution < -0.4 is 14.8 Å². The summed E-state index contributed by atoms with van der Waals surface area (Å²) in [6.45, 7) is 3.75. The Morgan fingerprint density at radius 2 is 2.17 bits per heavy atom. The maximum absolute atomic E-state index is 12.4. The summed E-state index contributed by atoms with van der Waals surface area (Å²) in [6.07, 6.45) is 5.05. The molecule has 1 aliphatic heterocycles. The van der Waals surface area contributed by atoms with Gasteiger partial charge in [-0.3, -0.25) is 9.48 Å². The number of hydrogen-bond donors (Lipinski definition) is 1. The Balaban J connectivity index is 1.63. The molecule has 1 aromatic carbocycles. The van der Waals surface area contributed by atoms with Gasteiger partial charge >= 0.3 is 0 Å². The van der Waals surface area contributed by atoms with E-state index in [1.54, 1.807) is 17.1 Å². The minimum atomic E-state index is -0.287. The first-order valence-electron chi connectivity index (χ1n) is 7.93. The van der Waals surface area contributed by atoms with Crippen LogP contribution in [0.3, 0.4) is 0 Å². The number of nitrogens with zero attached hydrogens (tertiary/aromatic N) is 2. The molecule has 0 aliphatic carbocycles. The van der Waals surface area contributed by atoms with Crippen molar-refractivity contribution in [3.05, 3.63) is 42.2 Å². The fraction of sp³-hybridized carbons (Fsp3) is 0.412. The highest BCUT2D eigenvalue weighted by Crippen LogP contribution is 2.30. The fourth-order valence-corrected chi connectivity index (χ4v) is 2.58. The molecule has 1 amide bonds. The van der Waals surface area contributed by atoms with Crippen molar-refractivity contribution in [2.24, 2.45) is 0 Å². The van der Waals surface area contributed by atoms with Gasteiger partial charge in [0.15, 0.2) is 11.5 Å². The molecule has 0 spiro atoms. The molecule has 2 aromatic rings. The standard InChI is InChI=1S/C17H21N3O3/c1-2-14(20-8-3-7-19-20)17(21)18-12-13-5-6-15-16(11-13)23-10-4-9-22-15/h3,5-8,11,14H,2,4,9-10,12H2,1H3,(H,18,21). The summed E-state index contributed by atoms with van der Waals surface area (Å²) in [4.78, 5) is 12.4. The minimum absolute atomic E-state index is 0.0386. The molecule has 23 heavy (non-hydrogen) atoms. The molecule has 6 nitrogen and oxygen atoms in total. The highest BCUT2D eigenvalue weighted by Gasteiger charge is 2.18. The number of carbonyl (C=O) groups excluding carboxylic acids is 1. The van der Waals surface area contributed by atoms with Crippen molar-refractivity contribution >= 4 is 5.91 Å². The zero-order valence-electron chi connectivity index (χ0n) is 13.2. The van der Waals surface area contributed by atoms with Crippen LogP contribution in [0.4, 0.5) is 0 Å². The summed E-state index contributed by atoms with van der Waals surface area (Å²) in [7, 11) is 0. The third-order valence-corrected chi connectivity index (χ3v) is 3.81. The smallest absolute Gasteiger partial charge is 0.245 e. The lowest BCUT2D eigenvalue weighted by Crippen LogP contribution is -2.32. The van der Waals surface area contributed by atoms with Gasteiger partial charge in [0, 0.05) is 25.4 Å². The SMILES string of the molecule is CCC(C(=O)NCc1ccc2c(c1)OCCCO2)n1cccn1. The van der Waals surface area contributed by atoms with Gasteiger partial charge in [0.1, 0.15) is 6.04 Å². The molecule has 1 N–H and O–H groups in total. The first-order chi connectivity index (χ1) is 11.3. The Morgan fingerprint density at radius 3 is 2.91 bits per heavy atom. The largest absolute Gasteiger partial charge is 0.490 e. The highest BCUT2D eigenvalue weighted by molar-refractivity contribution is 5.80. The Morgan fingerprint density at radius 1 is 1.35 bits per heavy atom. The number of benzene rings is 1. The molecule has 1 unspecified atom stereocenters. The average Bonchev–Trinajstić information content (AvgIpc) is 2.98. The van der Waals surface area contributed by atoms with Crippen molar-refractivity contribution in [1.29, 1.82) is 0 Å². The third-order valence-electron chi connectivity index (χ3n) is 3.81. The van der Waals surface area contributed by atoms with Crippen molar-refractivity contribution in [2.45, 2.75) is 32.4 Å². The van der Waals surface area contributed by atoms with Gasteiger partial charge in [0.2, 0.25) is 5.91 Å². The normalized spacial score (nSPS) is 14.8. The van der Waals surface area contributed by atoms with Gasteiger partial charge in [0.05, 0.1) is 13.2 Å². The lowest BCUT2D eigenvalue weighted by atomic mass is 10.1. The van der Waals surface area contributed by atoms with Crippen molar-refractivity contribution in [1.82, 2.24) is 15.1 Å². The van der Waals surface area contributed by atoms with Gasteiger partial charge < -0.3 is 14.8 Å². The van der Waals surface area contributed by atoms with Gasteiger partial charge in [-0.1, -0.05) is 13.0 Å². The molecule has 0 fully saturated rings. The van der Waals surface area contributed by atoms with Crippen molar-refractivity contribution in [2.75, 3.05) is 13.2 Å². The van der Waals surface area contributed by atoms with Gasteiger partial charge in [-0.15, -0.1) is 0 Å². The molecule has 6 heteroatoms. The van der Waals surface area contributed by atoms with E-state index in [0.29, 0.717) is 26.2 Å². The van der Waals surface area contributed by atoms with Crippen LogP contribution in [-0.2, 0) is 11.3 Å². The first-order valence-corrected chi connectivity index (χ1v) is 7.93. The summed E-state index contributed by atoms with van der Waals surface area (Å²) in [5.41, 5.74) is 0.984. The molecule has 2 heterocycles. The van der Waals surface area contributed by atoms with Crippen LogP contribution in [0.5, 0.6) is 11.5 Å². The van der Waals surface area contributed by atoms with Gasteiger partial charge in [-0.25, -0.2) is 0 Å². The minimum Gasteiger partial charge on any atom is -0.490 e. The Labute approximate surface area is 135 Å². The predicted molar refractivity (Wildman–Crippen MR) is 85.5 cm³/mol. The topological polar surface area (TPSA) is 65.4 Å². The van der Waals surface area contributed by atoms with E-state index >= 15 is 0 Å². The van der Waals surface area contributed by atoms with Crippen LogP contribution >= 0.6 is 0 Å². The van der Waals surface area contributed by atoms with E-state index in [1.807, 2.05) is 31.2 Å². The molecule has 0 bridgehead atoms. The Hall–Kier alpha value is -2.50. The van der Waals surface area contributed by atoms with Crippen molar-refractivity contribution in [3.63, 3.8) is 0 Å². The van der Waals surface area contributed by atoms with Crippen molar-refractivity contribution < 1.29 is 14.3 Å². The predicted octanol–water partition coefficient (Wildman–Crippen LogP) is 2.31. The molecule has 122 valence electrons. The number of nitrogens with one attached hydrogen (secondary N) is 1. The molecular weight excluding hydrogens is 294 g/mol. The van der Waals surface area contributed by atoms with Crippen molar-refractivity contribution in [3.8, 4) is 11.5 Å². The van der Waals surface area contributed by atoms with Gasteiger partial charge in [-0.2, -0.15) is 5.10 Å². The number of carbonyl (C=O) groups is 1. The first kappa shape index (κ1) is 15.4. The quantitative estimate of drug-likeness (QED) is 0.919. The maximum atomic E-state index is 12.4. The summed E-state index contributed by atoms with van der Waals surface area (Å²) in [5.74, 6) is 1.47. The number of aromatic nitrogens is 2. The molecule has 3 rings (SSSR count). The molecule has 0 saturated heterocycles. The number of rotatable bonds is 5. The van der Waals surface area contributed by atoms with E-state index in [0.717, 1.165) is 23.5 Å². The molecule has 1 aliphatic rings. The number of hydrogen-bond acceptors (Lipinski definition) is 4. The molecular formula is C17H21N3O3. The van der Waals surface area contributed by atoms with E-state index in [9.17, 15) is 4.79 Å². The number of fused-ring (bicyclic) bond motifs is 1. The van der Waals surface area contributed by atoms with E-state index < -0.39 is 0 Å². The fourth-order valence-electron chi connectivity index (χ4n) is 2.58. The second-order valence-corrected chi connectivity index (χ2v) is 5.46. The zero-order chi connectivity index (χ0) is 16.1. The average molecular weight is 315 g/mol. The summed E-state index contributed by atoms with van der Waals surface area (Å²) >= 11 is 0. The summed E-state index contributed by atoms with van der Waals surface area (Å²) in [5, 5.41) is 7.12. The molecule has 1 aromatic heterocycles. The lowest BCUT2D eigenvalue weighted by molar-refractivity contribution is -0.124. The molecule has 0 saturated carbocycles. The van der Waals surface area contributed by atoms with E-state index in [2.05, 4.69) is 10.4 Å². The van der Waals surface area contributed by atoms with Gasteiger partial charge in [0.25, 0.3) is 0 Å². The van der Waals surface area contributed by atoms with Crippen LogP contribution in [0, 0.1) is 0 Å². The van der Waals surface area contributed by atoms with Crippen LogP contribution in [0.1, 0.15) is 31.4 Å². The summed E-state index contributed by atoms with van der Waals surface area (Å²) < 4.78 is 13.0. The van der Waals surface area contributed by atoms with Crippen LogP contribution in [-0.4, -0.2) is 28.9 Å². The maximum Gasteiger partial charge on any atom is 0.245 e. The van der Waals surface area contributed by atoms with E-state index in [-0.39, 0.29) is 11.9 Å². The number of amides is 1. The van der Waals surface area contributed by atoms with E-state index in [4.69, 9.17) is 9.47 Å². The third kappa shape index (κ3) is 3.64. The molecule has 0 radical (unpaired) electrons. The van der Waals surface area contributed by atoms with Crippen LogP contribution in [0.2, 0.25) is 0 Å². The lowest BCUT2D eigenvalue weighted by Gasteiger charge is -2.16. The van der Waals surface area contributed by atoms with Crippen LogP contribution in [0.25, 0.3) is 0 Å². The number of ether oxygens (including phenoxy) is 2. The second-order valence-electron chi connectivity index (χ2n) is 5.46. The van der Waals surface area contributed by atoms with Gasteiger partial charge in [-0.05, 0) is 30.2 Å². The highest BCUT2D eigenvalue weighted by atomic mass is 16.5. The second kappa shape index (κ2) is 7.17. The van der Waals surface area contributed by atoms with Crippen LogP contribution in [0.15, 0.2) is 36.7 Å². The molecule has 1 atom stereocenters. The Bertz CT molecular complexity index is 655. The van der Waals surface area contributed by atoms with E-state index in [1.165, 1.54) is 0 Å².